The molecule has 0 amide bonds. The average molecular weight is 469 g/mol. The topological polar surface area (TPSA) is 99.6 Å². The van der Waals surface area contributed by atoms with E-state index in [0.717, 1.165) is 25.3 Å². The van der Waals surface area contributed by atoms with E-state index in [-0.39, 0.29) is 39.9 Å². The van der Waals surface area contributed by atoms with Crippen molar-refractivity contribution in [3.63, 3.8) is 0 Å². The van der Waals surface area contributed by atoms with E-state index in [1.807, 2.05) is 0 Å². The highest BCUT2D eigenvalue weighted by molar-refractivity contribution is 6.36. The maximum absolute atomic E-state index is 12.8. The molecule has 0 atom stereocenters. The number of H-pyrrole nitrogens is 1. The fraction of sp³-hybridized carbons (Fsp3) is 0.235. The van der Waals surface area contributed by atoms with Crippen molar-refractivity contribution in [2.24, 2.45) is 0 Å². The molecular formula is C17H13Cl2F3N2O6. The first kappa shape index (κ1) is 23.4. The minimum Gasteiger partial charge on any atom is -0.497 e. The van der Waals surface area contributed by atoms with E-state index >= 15 is 0 Å². The van der Waals surface area contributed by atoms with Crippen LogP contribution in [0.25, 0.3) is 5.69 Å². The molecule has 0 radical (unpaired) electrons. The van der Waals surface area contributed by atoms with Gasteiger partial charge in [0.2, 0.25) is 0 Å². The zero-order valence-electron chi connectivity index (χ0n) is 15.3. The largest absolute Gasteiger partial charge is 0.497 e. The molecular weight excluding hydrogens is 456 g/mol. The van der Waals surface area contributed by atoms with Gasteiger partial charge in [-0.3, -0.25) is 4.79 Å². The van der Waals surface area contributed by atoms with Gasteiger partial charge in [-0.2, -0.15) is 13.2 Å². The summed E-state index contributed by atoms with van der Waals surface area (Å²) in [5.74, 6) is -0.741. The molecule has 0 aliphatic carbocycles. The number of aromatic amines is 1. The molecule has 30 heavy (non-hydrogen) atoms. The maximum Gasteiger partial charge on any atom is 0.431 e. The number of aromatic nitrogens is 2. The number of nitrogens with one attached hydrogen (secondary N) is 1. The monoisotopic (exact) mass is 468 g/mol. The van der Waals surface area contributed by atoms with Gasteiger partial charge in [0.05, 0.1) is 36.0 Å². The lowest BCUT2D eigenvalue weighted by Crippen LogP contribution is -2.36. The lowest BCUT2D eigenvalue weighted by molar-refractivity contribution is -0.141. The predicted octanol–water partition coefficient (Wildman–Crippen LogP) is 2.93. The summed E-state index contributed by atoms with van der Waals surface area (Å²) >= 11 is 12.0. The molecule has 2 rings (SSSR count). The maximum atomic E-state index is 12.8. The third-order valence-corrected chi connectivity index (χ3v) is 4.19. The molecule has 1 heterocycles. The Bertz CT molecular complexity index is 1080. The zero-order valence-corrected chi connectivity index (χ0v) is 16.8. The fourth-order valence-electron chi connectivity index (χ4n) is 2.18. The molecule has 0 bridgehead atoms. The first-order valence-corrected chi connectivity index (χ1v) is 8.61. The molecule has 1 aromatic heterocycles. The van der Waals surface area contributed by atoms with E-state index in [0.29, 0.717) is 4.57 Å². The molecule has 8 nitrogen and oxygen atoms in total. The molecule has 162 valence electrons. The van der Waals surface area contributed by atoms with Crippen LogP contribution >= 0.6 is 23.2 Å². The number of carbonyl (C=O) groups is 1. The second-order valence-electron chi connectivity index (χ2n) is 5.52. The van der Waals surface area contributed by atoms with E-state index in [2.05, 4.69) is 4.74 Å². The van der Waals surface area contributed by atoms with Crippen LogP contribution in [0.1, 0.15) is 5.69 Å². The van der Waals surface area contributed by atoms with Gasteiger partial charge in [0, 0.05) is 12.1 Å². The van der Waals surface area contributed by atoms with Crippen LogP contribution in [0.4, 0.5) is 13.2 Å². The molecule has 2 aromatic rings. The number of rotatable bonds is 6. The number of hydrogen-bond donors (Lipinski definition) is 1. The number of nitrogens with zero attached hydrogens (tertiary/aromatic N) is 1. The van der Waals surface area contributed by atoms with Crippen molar-refractivity contribution in [3.8, 4) is 11.4 Å². The van der Waals surface area contributed by atoms with E-state index in [1.54, 1.807) is 4.98 Å². The van der Waals surface area contributed by atoms with Gasteiger partial charge in [-0.15, -0.1) is 0 Å². The van der Waals surface area contributed by atoms with Crippen LogP contribution in [0.5, 0.6) is 5.75 Å². The third kappa shape index (κ3) is 5.36. The van der Waals surface area contributed by atoms with Gasteiger partial charge in [-0.25, -0.2) is 14.2 Å². The third-order valence-electron chi connectivity index (χ3n) is 3.59. The summed E-state index contributed by atoms with van der Waals surface area (Å²) in [6, 6.07) is 2.43. The number of ether oxygens (including phenoxy) is 3. The van der Waals surface area contributed by atoms with Crippen LogP contribution in [0, 0.1) is 0 Å². The minimum atomic E-state index is -4.92. The Morgan fingerprint density at radius 2 is 1.80 bits per heavy atom. The summed E-state index contributed by atoms with van der Waals surface area (Å²) in [6.45, 7) is -0.301. The number of benzene rings is 1. The quantitative estimate of drug-likeness (QED) is 0.397. The van der Waals surface area contributed by atoms with Crippen LogP contribution in [-0.2, 0) is 20.4 Å². The second kappa shape index (κ2) is 9.26. The van der Waals surface area contributed by atoms with Crippen LogP contribution in [0.3, 0.4) is 0 Å². The fourth-order valence-corrected chi connectivity index (χ4v) is 2.70. The summed E-state index contributed by atoms with van der Waals surface area (Å²) in [7, 11) is 2.43. The number of halogens is 5. The highest BCUT2D eigenvalue weighted by Gasteiger charge is 2.33. The lowest BCUT2D eigenvalue weighted by Gasteiger charge is -2.14. The molecule has 0 unspecified atom stereocenters. The molecule has 13 heteroatoms. The Morgan fingerprint density at radius 3 is 2.33 bits per heavy atom. The Labute approximate surface area is 176 Å². The van der Waals surface area contributed by atoms with Crippen LogP contribution in [0.15, 0.2) is 39.6 Å². The van der Waals surface area contributed by atoms with Crippen LogP contribution in [-0.4, -0.2) is 36.3 Å². The van der Waals surface area contributed by atoms with Gasteiger partial charge in [0.15, 0.2) is 0 Å². The molecule has 1 N–H and O–H groups in total. The van der Waals surface area contributed by atoms with Gasteiger partial charge < -0.3 is 19.2 Å². The predicted molar refractivity (Wildman–Crippen MR) is 100 cm³/mol. The molecule has 0 saturated heterocycles. The number of alkyl halides is 3. The van der Waals surface area contributed by atoms with Crippen molar-refractivity contribution in [1.82, 2.24) is 9.55 Å². The van der Waals surface area contributed by atoms with Gasteiger partial charge in [-0.05, 0) is 6.07 Å². The Hall–Kier alpha value is -2.92. The Morgan fingerprint density at radius 1 is 1.13 bits per heavy atom. The van der Waals surface area contributed by atoms with E-state index in [4.69, 9.17) is 32.7 Å². The molecule has 1 aromatic carbocycles. The van der Waals surface area contributed by atoms with E-state index < -0.39 is 29.1 Å². The normalized spacial score (nSPS) is 11.9. The first-order valence-electron chi connectivity index (χ1n) is 7.86. The molecule has 0 saturated carbocycles. The Kier molecular flexibility index (Phi) is 7.21. The van der Waals surface area contributed by atoms with Crippen molar-refractivity contribution in [1.29, 1.82) is 0 Å². The second-order valence-corrected chi connectivity index (χ2v) is 6.33. The van der Waals surface area contributed by atoms with Crippen molar-refractivity contribution in [2.75, 3.05) is 20.8 Å². The van der Waals surface area contributed by atoms with Crippen molar-refractivity contribution in [3.05, 3.63) is 66.6 Å². The van der Waals surface area contributed by atoms with Crippen LogP contribution < -0.4 is 16.0 Å². The van der Waals surface area contributed by atoms with Crippen LogP contribution in [0.2, 0.25) is 10.0 Å². The summed E-state index contributed by atoms with van der Waals surface area (Å²) in [5.41, 5.74) is -4.42. The Balaban J connectivity index is 2.48. The summed E-state index contributed by atoms with van der Waals surface area (Å²) in [5, 5.41) is -0.231. The van der Waals surface area contributed by atoms with Crippen molar-refractivity contribution >= 4 is 29.2 Å². The van der Waals surface area contributed by atoms with Crippen molar-refractivity contribution in [2.45, 2.75) is 6.18 Å². The number of esters is 1. The number of carbonyl (C=O) groups excluding carboxylic acids is 1. The van der Waals surface area contributed by atoms with Gasteiger partial charge in [0.25, 0.3) is 5.56 Å². The molecule has 0 fully saturated rings. The molecule has 0 aliphatic heterocycles. The first-order chi connectivity index (χ1) is 14.0. The standard InChI is InChI=1S/C17H13Cl2F3N2O6/c1-28-8(3-15(26)29-2)7-30-12-5-11(9(18)4-10(12)19)24-14(25)6-13(17(20,21)22)23-16(24)27/h3-6H,7H2,1-2H3,(H,23,27). The summed E-state index contributed by atoms with van der Waals surface area (Å²) < 4.78 is 53.5. The van der Waals surface area contributed by atoms with Gasteiger partial charge in [-0.1, -0.05) is 23.2 Å². The van der Waals surface area contributed by atoms with Gasteiger partial charge in [0.1, 0.15) is 23.8 Å². The smallest absolute Gasteiger partial charge is 0.431 e. The van der Waals surface area contributed by atoms with Gasteiger partial charge >= 0.3 is 17.8 Å². The summed E-state index contributed by atoms with van der Waals surface area (Å²) in [4.78, 5) is 37.1. The molecule has 0 aliphatic rings. The summed E-state index contributed by atoms with van der Waals surface area (Å²) in [6.07, 6.45) is -3.91. The average Bonchev–Trinajstić information content (AvgIpc) is 2.65. The zero-order chi connectivity index (χ0) is 22.6. The van der Waals surface area contributed by atoms with Crippen molar-refractivity contribution < 1.29 is 32.2 Å². The SMILES string of the molecule is COC(=O)C=C(COc1cc(-n2c(=O)cc(C(F)(F)F)[nH]c2=O)c(Cl)cc1Cl)OC. The highest BCUT2D eigenvalue weighted by atomic mass is 35.5. The molecule has 0 spiro atoms. The minimum absolute atomic E-state index is 0.0336. The lowest BCUT2D eigenvalue weighted by atomic mass is 10.2. The number of hydrogen-bond acceptors (Lipinski definition) is 6. The van der Waals surface area contributed by atoms with E-state index in [9.17, 15) is 27.6 Å². The highest BCUT2D eigenvalue weighted by Crippen LogP contribution is 2.33. The number of methoxy groups -OCH3 is 2. The van der Waals surface area contributed by atoms with E-state index in [1.165, 1.54) is 7.11 Å².